The van der Waals surface area contributed by atoms with E-state index in [1.54, 1.807) is 44.6 Å². The van der Waals surface area contributed by atoms with Crippen LogP contribution in [0.5, 0.6) is 11.5 Å². The fourth-order valence-electron chi connectivity index (χ4n) is 2.37. The van der Waals surface area contributed by atoms with Crippen molar-refractivity contribution >= 4 is 17.3 Å². The summed E-state index contributed by atoms with van der Waals surface area (Å²) in [5, 5.41) is 16.5. The van der Waals surface area contributed by atoms with Gasteiger partial charge in [-0.25, -0.2) is 0 Å². The van der Waals surface area contributed by atoms with Gasteiger partial charge in [0.1, 0.15) is 11.5 Å². The Morgan fingerprint density at radius 2 is 1.81 bits per heavy atom. The number of non-ortho nitro benzene ring substituents is 1. The Morgan fingerprint density at radius 3 is 2.42 bits per heavy atom. The van der Waals surface area contributed by atoms with Gasteiger partial charge in [-0.05, 0) is 30.3 Å². The summed E-state index contributed by atoms with van der Waals surface area (Å²) < 4.78 is 10.4. The molecule has 0 aliphatic carbocycles. The second kappa shape index (κ2) is 9.26. The highest BCUT2D eigenvalue weighted by Crippen LogP contribution is 2.24. The van der Waals surface area contributed by atoms with E-state index in [4.69, 9.17) is 9.47 Å². The lowest BCUT2D eigenvalue weighted by Gasteiger charge is -2.11. The maximum atomic E-state index is 12.1. The van der Waals surface area contributed by atoms with E-state index in [0.29, 0.717) is 24.6 Å². The fraction of sp³-hybridized carbons (Fsp3) is 0.278. The van der Waals surface area contributed by atoms with Crippen molar-refractivity contribution in [1.82, 2.24) is 5.32 Å². The summed E-state index contributed by atoms with van der Waals surface area (Å²) in [5.41, 5.74) is 1.53. The maximum absolute atomic E-state index is 12.1. The minimum atomic E-state index is -0.448. The van der Waals surface area contributed by atoms with Crippen molar-refractivity contribution in [1.29, 1.82) is 0 Å². The lowest BCUT2D eigenvalue weighted by Crippen LogP contribution is -2.30. The third kappa shape index (κ3) is 5.37. The predicted octanol–water partition coefficient (Wildman–Crippen LogP) is 2.38. The molecule has 2 N–H and O–H groups in total. The first kappa shape index (κ1) is 19.0. The number of carbonyl (C=O) groups is 1. The molecule has 0 aromatic heterocycles. The van der Waals surface area contributed by atoms with Crippen molar-refractivity contribution < 1.29 is 19.2 Å². The molecule has 0 saturated carbocycles. The van der Waals surface area contributed by atoms with E-state index in [9.17, 15) is 14.9 Å². The molecule has 138 valence electrons. The van der Waals surface area contributed by atoms with Crippen molar-refractivity contribution in [3.63, 3.8) is 0 Å². The van der Waals surface area contributed by atoms with Crippen molar-refractivity contribution in [3.05, 3.63) is 58.1 Å². The van der Waals surface area contributed by atoms with Crippen LogP contribution in [0.1, 0.15) is 5.56 Å². The van der Waals surface area contributed by atoms with Gasteiger partial charge in [0.05, 0.1) is 25.6 Å². The molecule has 0 aliphatic heterocycles. The van der Waals surface area contributed by atoms with Gasteiger partial charge in [0.15, 0.2) is 0 Å². The normalized spacial score (nSPS) is 10.1. The largest absolute Gasteiger partial charge is 0.497 e. The zero-order chi connectivity index (χ0) is 18.9. The number of anilines is 1. The van der Waals surface area contributed by atoms with E-state index in [-0.39, 0.29) is 18.0 Å². The molecule has 0 fully saturated rings. The molecule has 0 atom stereocenters. The number of ether oxygens (including phenoxy) is 2. The van der Waals surface area contributed by atoms with Crippen LogP contribution < -0.4 is 20.1 Å². The van der Waals surface area contributed by atoms with Crippen LogP contribution in [0.2, 0.25) is 0 Å². The summed E-state index contributed by atoms with van der Waals surface area (Å²) >= 11 is 0. The Labute approximate surface area is 151 Å². The fourth-order valence-corrected chi connectivity index (χ4v) is 2.37. The Morgan fingerprint density at radius 1 is 1.08 bits per heavy atom. The highest BCUT2D eigenvalue weighted by Gasteiger charge is 2.10. The van der Waals surface area contributed by atoms with Crippen molar-refractivity contribution in [2.75, 3.05) is 32.6 Å². The number of hydrogen-bond acceptors (Lipinski definition) is 6. The van der Waals surface area contributed by atoms with E-state index >= 15 is 0 Å². The molecule has 2 aromatic carbocycles. The van der Waals surface area contributed by atoms with Gasteiger partial charge in [-0.1, -0.05) is 0 Å². The molecule has 0 unspecified atom stereocenters. The number of methoxy groups -OCH3 is 2. The summed E-state index contributed by atoms with van der Waals surface area (Å²) in [4.78, 5) is 22.3. The SMILES string of the molecule is COc1ccc(OC)c(CC(=O)NCCNc2ccc([N+](=O)[O-])cc2)c1. The van der Waals surface area contributed by atoms with E-state index in [0.717, 1.165) is 11.3 Å². The Balaban J connectivity index is 1.79. The minimum absolute atomic E-state index is 0.0380. The Bertz CT molecular complexity index is 762. The second-order valence-electron chi connectivity index (χ2n) is 5.44. The zero-order valence-electron chi connectivity index (χ0n) is 14.7. The molecular formula is C18H21N3O5. The first-order valence-electron chi connectivity index (χ1n) is 7.99. The van der Waals surface area contributed by atoms with Crippen molar-refractivity contribution in [2.45, 2.75) is 6.42 Å². The first-order chi connectivity index (χ1) is 12.5. The molecular weight excluding hydrogens is 338 g/mol. The molecule has 8 nitrogen and oxygen atoms in total. The highest BCUT2D eigenvalue weighted by molar-refractivity contribution is 5.79. The van der Waals surface area contributed by atoms with Crippen LogP contribution in [-0.2, 0) is 11.2 Å². The van der Waals surface area contributed by atoms with Crippen LogP contribution in [0.3, 0.4) is 0 Å². The summed E-state index contributed by atoms with van der Waals surface area (Å²) in [6.07, 6.45) is 0.178. The maximum Gasteiger partial charge on any atom is 0.269 e. The summed E-state index contributed by atoms with van der Waals surface area (Å²) in [6, 6.07) is 11.4. The van der Waals surface area contributed by atoms with Gasteiger partial charge in [-0.2, -0.15) is 0 Å². The summed E-state index contributed by atoms with van der Waals surface area (Å²) in [5.74, 6) is 1.15. The molecule has 8 heteroatoms. The van der Waals surface area contributed by atoms with E-state index in [1.165, 1.54) is 12.1 Å². The van der Waals surface area contributed by atoms with Crippen LogP contribution in [-0.4, -0.2) is 38.1 Å². The van der Waals surface area contributed by atoms with Gasteiger partial charge in [0.25, 0.3) is 5.69 Å². The molecule has 2 rings (SSSR count). The summed E-state index contributed by atoms with van der Waals surface area (Å²) in [6.45, 7) is 0.918. The predicted molar refractivity (Wildman–Crippen MR) is 97.8 cm³/mol. The van der Waals surface area contributed by atoms with Crippen molar-refractivity contribution in [3.8, 4) is 11.5 Å². The molecule has 0 heterocycles. The number of nitrogens with one attached hydrogen (secondary N) is 2. The van der Waals surface area contributed by atoms with E-state index in [1.807, 2.05) is 0 Å². The standard InChI is InChI=1S/C18H21N3O5/c1-25-16-7-8-17(26-2)13(11-16)12-18(22)20-10-9-19-14-3-5-15(6-4-14)21(23)24/h3-8,11,19H,9-10,12H2,1-2H3,(H,20,22). The number of hydrogen-bond donors (Lipinski definition) is 2. The molecule has 0 aliphatic rings. The number of nitro benzene ring substituents is 1. The molecule has 0 radical (unpaired) electrons. The summed E-state index contributed by atoms with van der Waals surface area (Å²) in [7, 11) is 3.12. The lowest BCUT2D eigenvalue weighted by atomic mass is 10.1. The molecule has 1 amide bonds. The number of nitrogens with zero attached hydrogens (tertiary/aromatic N) is 1. The van der Waals surface area contributed by atoms with E-state index < -0.39 is 4.92 Å². The second-order valence-corrected chi connectivity index (χ2v) is 5.44. The number of benzene rings is 2. The average molecular weight is 359 g/mol. The van der Waals surface area contributed by atoms with Gasteiger partial charge in [-0.15, -0.1) is 0 Å². The number of nitro groups is 1. The molecule has 0 saturated heterocycles. The number of rotatable bonds is 9. The zero-order valence-corrected chi connectivity index (χ0v) is 14.7. The number of amides is 1. The topological polar surface area (TPSA) is 103 Å². The smallest absolute Gasteiger partial charge is 0.269 e. The average Bonchev–Trinajstić information content (AvgIpc) is 2.65. The van der Waals surface area contributed by atoms with Crippen molar-refractivity contribution in [2.24, 2.45) is 0 Å². The van der Waals surface area contributed by atoms with Crippen LogP contribution >= 0.6 is 0 Å². The first-order valence-corrected chi connectivity index (χ1v) is 7.99. The molecule has 0 spiro atoms. The van der Waals surface area contributed by atoms with Gasteiger partial charge in [0, 0.05) is 36.5 Å². The van der Waals surface area contributed by atoms with Gasteiger partial charge < -0.3 is 20.1 Å². The van der Waals surface area contributed by atoms with Crippen LogP contribution in [0.15, 0.2) is 42.5 Å². The van der Waals surface area contributed by atoms with Crippen LogP contribution in [0.4, 0.5) is 11.4 Å². The lowest BCUT2D eigenvalue weighted by molar-refractivity contribution is -0.384. The van der Waals surface area contributed by atoms with Crippen LogP contribution in [0.25, 0.3) is 0 Å². The highest BCUT2D eigenvalue weighted by atomic mass is 16.6. The van der Waals surface area contributed by atoms with Gasteiger partial charge in [-0.3, -0.25) is 14.9 Å². The Kier molecular flexibility index (Phi) is 6.78. The van der Waals surface area contributed by atoms with Gasteiger partial charge >= 0.3 is 0 Å². The molecule has 2 aromatic rings. The minimum Gasteiger partial charge on any atom is -0.497 e. The molecule has 26 heavy (non-hydrogen) atoms. The van der Waals surface area contributed by atoms with Crippen LogP contribution in [0, 0.1) is 10.1 Å². The van der Waals surface area contributed by atoms with Gasteiger partial charge in [0.2, 0.25) is 5.91 Å². The number of carbonyl (C=O) groups excluding carboxylic acids is 1. The molecule has 0 bridgehead atoms. The monoisotopic (exact) mass is 359 g/mol. The quantitative estimate of drug-likeness (QED) is 0.405. The Hall–Kier alpha value is -3.29. The third-order valence-corrected chi connectivity index (χ3v) is 3.69. The third-order valence-electron chi connectivity index (χ3n) is 3.69. The van der Waals surface area contributed by atoms with E-state index in [2.05, 4.69) is 10.6 Å².